The third kappa shape index (κ3) is 4.09. The molecule has 1 amide bonds. The van der Waals surface area contributed by atoms with Crippen LogP contribution in [0.1, 0.15) is 45.4 Å². The molecule has 1 heterocycles. The molecule has 19 heavy (non-hydrogen) atoms. The van der Waals surface area contributed by atoms with Gasteiger partial charge in [0.2, 0.25) is 5.91 Å². The Balaban J connectivity index is 1.78. The van der Waals surface area contributed by atoms with E-state index in [-0.39, 0.29) is 5.91 Å². The predicted molar refractivity (Wildman–Crippen MR) is 78.1 cm³/mol. The molecule has 0 radical (unpaired) electrons. The van der Waals surface area contributed by atoms with E-state index in [1.807, 2.05) is 18.2 Å². The smallest absolute Gasteiger partial charge is 0.224 e. The van der Waals surface area contributed by atoms with Crippen molar-refractivity contribution in [2.24, 2.45) is 0 Å². The number of unbranched alkanes of at least 4 members (excludes halogenated alkanes) is 4. The van der Waals surface area contributed by atoms with Crippen molar-refractivity contribution in [2.75, 3.05) is 5.32 Å². The molecule has 0 spiro atoms. The average Bonchev–Trinajstić information content (AvgIpc) is 2.86. The summed E-state index contributed by atoms with van der Waals surface area (Å²) in [4.78, 5) is 11.8. The molecule has 0 aliphatic carbocycles. The molecule has 0 saturated heterocycles. The largest absolute Gasteiger partial charge is 0.326 e. The van der Waals surface area contributed by atoms with Gasteiger partial charge in [-0.2, -0.15) is 5.10 Å². The molecule has 0 unspecified atom stereocenters. The zero-order valence-electron chi connectivity index (χ0n) is 11.4. The number of anilines is 1. The van der Waals surface area contributed by atoms with Gasteiger partial charge in [-0.05, 0) is 24.6 Å². The van der Waals surface area contributed by atoms with Gasteiger partial charge in [0.15, 0.2) is 0 Å². The SMILES string of the molecule is CCCCCCCC(=O)Nc1ccc2[nH]ncc2c1. The highest BCUT2D eigenvalue weighted by molar-refractivity contribution is 5.93. The third-order valence-corrected chi connectivity index (χ3v) is 3.23. The zero-order chi connectivity index (χ0) is 13.5. The van der Waals surface area contributed by atoms with E-state index in [2.05, 4.69) is 22.4 Å². The van der Waals surface area contributed by atoms with Crippen molar-refractivity contribution in [2.45, 2.75) is 45.4 Å². The number of H-pyrrole nitrogens is 1. The standard InChI is InChI=1S/C15H21N3O/c1-2-3-4-5-6-7-15(19)17-13-8-9-14-12(10-13)11-16-18-14/h8-11H,2-7H2,1H3,(H,16,18)(H,17,19). The van der Waals surface area contributed by atoms with Crippen LogP contribution in [0, 0.1) is 0 Å². The fraction of sp³-hybridized carbons (Fsp3) is 0.467. The minimum Gasteiger partial charge on any atom is -0.326 e. The summed E-state index contributed by atoms with van der Waals surface area (Å²) in [6.45, 7) is 2.19. The number of nitrogens with one attached hydrogen (secondary N) is 2. The minimum absolute atomic E-state index is 0.0966. The summed E-state index contributed by atoms with van der Waals surface area (Å²) in [7, 11) is 0. The Morgan fingerprint density at radius 3 is 2.95 bits per heavy atom. The van der Waals surface area contributed by atoms with Gasteiger partial charge in [0.1, 0.15) is 0 Å². The lowest BCUT2D eigenvalue weighted by atomic mass is 10.1. The number of aromatic amines is 1. The van der Waals surface area contributed by atoms with Crippen molar-refractivity contribution in [1.82, 2.24) is 10.2 Å². The third-order valence-electron chi connectivity index (χ3n) is 3.23. The fourth-order valence-corrected chi connectivity index (χ4v) is 2.13. The fourth-order valence-electron chi connectivity index (χ4n) is 2.13. The maximum atomic E-state index is 11.8. The molecule has 4 nitrogen and oxygen atoms in total. The number of nitrogens with zero attached hydrogens (tertiary/aromatic N) is 1. The molecular weight excluding hydrogens is 238 g/mol. The summed E-state index contributed by atoms with van der Waals surface area (Å²) in [5.74, 6) is 0.0966. The molecule has 0 saturated carbocycles. The highest BCUT2D eigenvalue weighted by Gasteiger charge is 2.03. The van der Waals surface area contributed by atoms with Crippen LogP contribution < -0.4 is 5.32 Å². The van der Waals surface area contributed by atoms with Gasteiger partial charge in [-0.1, -0.05) is 32.6 Å². The molecule has 102 valence electrons. The Labute approximate surface area is 113 Å². The monoisotopic (exact) mass is 259 g/mol. The molecule has 1 aromatic carbocycles. The van der Waals surface area contributed by atoms with Gasteiger partial charge in [0.05, 0.1) is 11.7 Å². The second-order valence-corrected chi connectivity index (χ2v) is 4.88. The topological polar surface area (TPSA) is 57.8 Å². The number of aromatic nitrogens is 2. The van der Waals surface area contributed by atoms with Crippen molar-refractivity contribution in [1.29, 1.82) is 0 Å². The number of rotatable bonds is 7. The number of fused-ring (bicyclic) bond motifs is 1. The van der Waals surface area contributed by atoms with Gasteiger partial charge >= 0.3 is 0 Å². The first-order chi connectivity index (χ1) is 9.29. The lowest BCUT2D eigenvalue weighted by Crippen LogP contribution is -2.10. The molecule has 0 bridgehead atoms. The Morgan fingerprint density at radius 1 is 1.26 bits per heavy atom. The van der Waals surface area contributed by atoms with E-state index in [4.69, 9.17) is 0 Å². The van der Waals surface area contributed by atoms with Crippen molar-refractivity contribution < 1.29 is 4.79 Å². The Bertz CT molecular complexity index is 533. The second kappa shape index (κ2) is 6.92. The highest BCUT2D eigenvalue weighted by atomic mass is 16.1. The van der Waals surface area contributed by atoms with Crippen LogP contribution in [0.5, 0.6) is 0 Å². The first-order valence-electron chi connectivity index (χ1n) is 7.02. The maximum absolute atomic E-state index is 11.8. The lowest BCUT2D eigenvalue weighted by Gasteiger charge is -2.05. The average molecular weight is 259 g/mol. The van der Waals surface area contributed by atoms with Gasteiger partial charge in [-0.3, -0.25) is 9.89 Å². The van der Waals surface area contributed by atoms with Gasteiger partial charge < -0.3 is 5.32 Å². The number of carbonyl (C=O) groups excluding carboxylic acids is 1. The van der Waals surface area contributed by atoms with Gasteiger partial charge in [0, 0.05) is 17.5 Å². The summed E-state index contributed by atoms with van der Waals surface area (Å²) in [6.07, 6.45) is 8.20. The van der Waals surface area contributed by atoms with Crippen LogP contribution >= 0.6 is 0 Å². The first kappa shape index (κ1) is 13.6. The highest BCUT2D eigenvalue weighted by Crippen LogP contribution is 2.17. The van der Waals surface area contributed by atoms with E-state index >= 15 is 0 Å². The number of hydrogen-bond acceptors (Lipinski definition) is 2. The van der Waals surface area contributed by atoms with E-state index in [0.29, 0.717) is 6.42 Å². The van der Waals surface area contributed by atoms with E-state index in [1.54, 1.807) is 6.20 Å². The van der Waals surface area contributed by atoms with Crippen LogP contribution in [-0.4, -0.2) is 16.1 Å². The summed E-state index contributed by atoms with van der Waals surface area (Å²) >= 11 is 0. The second-order valence-electron chi connectivity index (χ2n) is 4.88. The van der Waals surface area contributed by atoms with Crippen LogP contribution in [0.3, 0.4) is 0 Å². The quantitative estimate of drug-likeness (QED) is 0.742. The first-order valence-corrected chi connectivity index (χ1v) is 7.02. The van der Waals surface area contributed by atoms with Crippen LogP contribution in [-0.2, 0) is 4.79 Å². The van der Waals surface area contributed by atoms with E-state index in [0.717, 1.165) is 29.4 Å². The van der Waals surface area contributed by atoms with Crippen LogP contribution in [0.2, 0.25) is 0 Å². The summed E-state index contributed by atoms with van der Waals surface area (Å²) in [5.41, 5.74) is 1.82. The van der Waals surface area contributed by atoms with E-state index in [9.17, 15) is 4.79 Å². The van der Waals surface area contributed by atoms with Crippen LogP contribution in [0.15, 0.2) is 24.4 Å². The zero-order valence-corrected chi connectivity index (χ0v) is 11.4. The molecule has 2 rings (SSSR count). The molecule has 0 atom stereocenters. The van der Waals surface area contributed by atoms with Crippen molar-refractivity contribution in [3.05, 3.63) is 24.4 Å². The minimum atomic E-state index is 0.0966. The molecular formula is C15H21N3O. The van der Waals surface area contributed by atoms with Gasteiger partial charge in [-0.15, -0.1) is 0 Å². The summed E-state index contributed by atoms with van der Waals surface area (Å²) in [6, 6.07) is 5.77. The molecule has 0 aliphatic heterocycles. The van der Waals surface area contributed by atoms with Gasteiger partial charge in [0.25, 0.3) is 0 Å². The molecule has 2 N–H and O–H groups in total. The lowest BCUT2D eigenvalue weighted by molar-refractivity contribution is -0.116. The number of carbonyl (C=O) groups is 1. The van der Waals surface area contributed by atoms with Crippen molar-refractivity contribution >= 4 is 22.5 Å². The molecule has 0 fully saturated rings. The summed E-state index contributed by atoms with van der Waals surface area (Å²) < 4.78 is 0. The number of hydrogen-bond donors (Lipinski definition) is 2. The normalized spacial score (nSPS) is 10.8. The predicted octanol–water partition coefficient (Wildman–Crippen LogP) is 3.86. The maximum Gasteiger partial charge on any atom is 0.224 e. The molecule has 2 aromatic rings. The van der Waals surface area contributed by atoms with Crippen LogP contribution in [0.4, 0.5) is 5.69 Å². The van der Waals surface area contributed by atoms with E-state index < -0.39 is 0 Å². The van der Waals surface area contributed by atoms with Crippen molar-refractivity contribution in [3.8, 4) is 0 Å². The Morgan fingerprint density at radius 2 is 2.11 bits per heavy atom. The number of amides is 1. The van der Waals surface area contributed by atoms with Crippen LogP contribution in [0.25, 0.3) is 10.9 Å². The van der Waals surface area contributed by atoms with E-state index in [1.165, 1.54) is 19.3 Å². The summed E-state index contributed by atoms with van der Waals surface area (Å²) in [5, 5.41) is 10.8. The number of benzene rings is 1. The Kier molecular flexibility index (Phi) is 4.95. The molecule has 1 aromatic heterocycles. The van der Waals surface area contributed by atoms with Gasteiger partial charge in [-0.25, -0.2) is 0 Å². The Hall–Kier alpha value is -1.84. The molecule has 0 aliphatic rings. The van der Waals surface area contributed by atoms with Crippen molar-refractivity contribution in [3.63, 3.8) is 0 Å². The molecule has 4 heteroatoms.